The molecule has 2 saturated heterocycles. The van der Waals surface area contributed by atoms with Gasteiger partial charge in [-0.1, -0.05) is 18.2 Å². The standard InChI is InChI=1S/C21H28N2O3/c1-16(24)22-12-10-21(11-13-22)15-19(9-14-26-21)23(18-7-8-18)20(25)17-5-3-2-4-6-17/h2-6,18-19H,7-15H2,1H3. The number of likely N-dealkylation sites (tertiary alicyclic amines) is 1. The van der Waals surface area contributed by atoms with Gasteiger partial charge in [0.15, 0.2) is 0 Å². The van der Waals surface area contributed by atoms with Crippen molar-refractivity contribution in [2.75, 3.05) is 19.7 Å². The van der Waals surface area contributed by atoms with Crippen molar-refractivity contribution < 1.29 is 14.3 Å². The lowest BCUT2D eigenvalue weighted by Crippen LogP contribution is -2.55. The summed E-state index contributed by atoms with van der Waals surface area (Å²) in [7, 11) is 0. The Kier molecular flexibility index (Phi) is 4.74. The van der Waals surface area contributed by atoms with Gasteiger partial charge < -0.3 is 14.5 Å². The van der Waals surface area contributed by atoms with Crippen molar-refractivity contribution in [3.8, 4) is 0 Å². The first kappa shape index (κ1) is 17.5. The molecule has 1 atom stereocenters. The van der Waals surface area contributed by atoms with Crippen LogP contribution < -0.4 is 0 Å². The Balaban J connectivity index is 1.49. The average Bonchev–Trinajstić information content (AvgIpc) is 3.48. The third-order valence-corrected chi connectivity index (χ3v) is 6.18. The Hall–Kier alpha value is -1.88. The van der Waals surface area contributed by atoms with E-state index in [-0.39, 0.29) is 23.5 Å². The van der Waals surface area contributed by atoms with E-state index in [0.29, 0.717) is 12.6 Å². The number of benzene rings is 1. The van der Waals surface area contributed by atoms with Crippen molar-refractivity contribution in [1.82, 2.24) is 9.80 Å². The highest BCUT2D eigenvalue weighted by Gasteiger charge is 2.46. The minimum Gasteiger partial charge on any atom is -0.375 e. The Labute approximate surface area is 155 Å². The van der Waals surface area contributed by atoms with E-state index in [1.165, 1.54) is 0 Å². The summed E-state index contributed by atoms with van der Waals surface area (Å²) >= 11 is 0. The van der Waals surface area contributed by atoms with Gasteiger partial charge in [-0.05, 0) is 50.7 Å². The predicted octanol–water partition coefficient (Wildman–Crippen LogP) is 2.85. The van der Waals surface area contributed by atoms with Crippen LogP contribution in [0.5, 0.6) is 0 Å². The molecule has 0 radical (unpaired) electrons. The van der Waals surface area contributed by atoms with Gasteiger partial charge in [0.05, 0.1) is 5.60 Å². The highest BCUT2D eigenvalue weighted by Crippen LogP contribution is 2.40. The van der Waals surface area contributed by atoms with Crippen LogP contribution in [0.15, 0.2) is 30.3 Å². The van der Waals surface area contributed by atoms with Crippen LogP contribution in [-0.2, 0) is 9.53 Å². The number of carbonyl (C=O) groups excluding carboxylic acids is 2. The van der Waals surface area contributed by atoms with Crippen molar-refractivity contribution in [1.29, 1.82) is 0 Å². The van der Waals surface area contributed by atoms with E-state index in [9.17, 15) is 9.59 Å². The molecular weight excluding hydrogens is 328 g/mol. The van der Waals surface area contributed by atoms with E-state index >= 15 is 0 Å². The molecule has 2 amide bonds. The number of hydrogen-bond acceptors (Lipinski definition) is 3. The molecule has 0 bridgehead atoms. The molecule has 1 spiro atoms. The fraction of sp³-hybridized carbons (Fsp3) is 0.619. The average molecular weight is 356 g/mol. The zero-order valence-electron chi connectivity index (χ0n) is 15.5. The molecule has 1 aliphatic carbocycles. The van der Waals surface area contributed by atoms with E-state index < -0.39 is 0 Å². The molecule has 5 heteroatoms. The molecule has 26 heavy (non-hydrogen) atoms. The quantitative estimate of drug-likeness (QED) is 0.837. The molecule has 4 rings (SSSR count). The molecule has 1 unspecified atom stereocenters. The van der Waals surface area contributed by atoms with Gasteiger partial charge in [0.1, 0.15) is 0 Å². The minimum absolute atomic E-state index is 0.145. The van der Waals surface area contributed by atoms with E-state index in [0.717, 1.165) is 57.2 Å². The zero-order chi connectivity index (χ0) is 18.1. The molecule has 140 valence electrons. The number of amides is 2. The molecule has 0 N–H and O–H groups in total. The van der Waals surface area contributed by atoms with Crippen molar-refractivity contribution >= 4 is 11.8 Å². The second-order valence-electron chi connectivity index (χ2n) is 7.99. The van der Waals surface area contributed by atoms with Gasteiger partial charge in [0.2, 0.25) is 5.91 Å². The number of carbonyl (C=O) groups is 2. The summed E-state index contributed by atoms with van der Waals surface area (Å²) < 4.78 is 6.22. The van der Waals surface area contributed by atoms with E-state index in [4.69, 9.17) is 4.74 Å². The summed E-state index contributed by atoms with van der Waals surface area (Å²) in [4.78, 5) is 28.8. The van der Waals surface area contributed by atoms with Crippen LogP contribution in [0.3, 0.4) is 0 Å². The third kappa shape index (κ3) is 3.50. The van der Waals surface area contributed by atoms with E-state index in [1.54, 1.807) is 6.92 Å². The highest BCUT2D eigenvalue weighted by molar-refractivity contribution is 5.94. The van der Waals surface area contributed by atoms with Crippen LogP contribution in [0.1, 0.15) is 55.8 Å². The van der Waals surface area contributed by atoms with Gasteiger partial charge in [-0.25, -0.2) is 0 Å². The molecule has 1 aromatic rings. The SMILES string of the molecule is CC(=O)N1CCC2(CC1)CC(N(C(=O)c1ccccc1)C1CC1)CCO2. The highest BCUT2D eigenvalue weighted by atomic mass is 16.5. The Morgan fingerprint density at radius 3 is 2.38 bits per heavy atom. The molecule has 5 nitrogen and oxygen atoms in total. The Morgan fingerprint density at radius 1 is 1.08 bits per heavy atom. The number of nitrogens with zero attached hydrogens (tertiary/aromatic N) is 2. The molecule has 1 aromatic carbocycles. The van der Waals surface area contributed by atoms with Gasteiger partial charge >= 0.3 is 0 Å². The van der Waals surface area contributed by atoms with Gasteiger partial charge in [0.25, 0.3) is 5.91 Å². The van der Waals surface area contributed by atoms with Crippen LogP contribution in [0, 0.1) is 0 Å². The third-order valence-electron chi connectivity index (χ3n) is 6.18. The smallest absolute Gasteiger partial charge is 0.254 e. The van der Waals surface area contributed by atoms with Gasteiger partial charge in [-0.3, -0.25) is 9.59 Å². The summed E-state index contributed by atoms with van der Waals surface area (Å²) in [6.45, 7) is 3.86. The summed E-state index contributed by atoms with van der Waals surface area (Å²) in [5.41, 5.74) is 0.616. The summed E-state index contributed by atoms with van der Waals surface area (Å²) in [5.74, 6) is 0.308. The maximum Gasteiger partial charge on any atom is 0.254 e. The van der Waals surface area contributed by atoms with Gasteiger partial charge in [-0.2, -0.15) is 0 Å². The molecule has 3 aliphatic rings. The summed E-state index contributed by atoms with van der Waals surface area (Å²) in [6, 6.07) is 10.3. The summed E-state index contributed by atoms with van der Waals surface area (Å²) in [5, 5.41) is 0. The first-order valence-corrected chi connectivity index (χ1v) is 9.85. The Morgan fingerprint density at radius 2 is 1.77 bits per heavy atom. The number of piperidine rings is 1. The van der Waals surface area contributed by atoms with Crippen LogP contribution in [0.4, 0.5) is 0 Å². The molecular formula is C21H28N2O3. The zero-order valence-corrected chi connectivity index (χ0v) is 15.5. The monoisotopic (exact) mass is 356 g/mol. The van der Waals surface area contributed by atoms with Crippen molar-refractivity contribution in [3.05, 3.63) is 35.9 Å². The molecule has 2 heterocycles. The fourth-order valence-corrected chi connectivity index (χ4v) is 4.53. The summed E-state index contributed by atoms with van der Waals surface area (Å²) in [6.07, 6.45) is 5.78. The maximum absolute atomic E-state index is 13.2. The van der Waals surface area contributed by atoms with Gasteiger partial charge in [-0.15, -0.1) is 0 Å². The van der Waals surface area contributed by atoms with Gasteiger partial charge in [0, 0.05) is 44.3 Å². The minimum atomic E-state index is -0.168. The lowest BCUT2D eigenvalue weighted by Gasteiger charge is -2.48. The topological polar surface area (TPSA) is 49.9 Å². The van der Waals surface area contributed by atoms with Crippen LogP contribution in [0.2, 0.25) is 0 Å². The first-order chi connectivity index (χ1) is 12.6. The lowest BCUT2D eigenvalue weighted by atomic mass is 9.81. The molecule has 1 saturated carbocycles. The fourth-order valence-electron chi connectivity index (χ4n) is 4.53. The largest absolute Gasteiger partial charge is 0.375 e. The van der Waals surface area contributed by atoms with Crippen molar-refractivity contribution in [2.24, 2.45) is 0 Å². The molecule has 3 fully saturated rings. The van der Waals surface area contributed by atoms with Crippen LogP contribution in [-0.4, -0.2) is 59.0 Å². The maximum atomic E-state index is 13.2. The second kappa shape index (κ2) is 7.03. The van der Waals surface area contributed by atoms with Crippen molar-refractivity contribution in [3.63, 3.8) is 0 Å². The predicted molar refractivity (Wildman–Crippen MR) is 98.8 cm³/mol. The number of hydrogen-bond donors (Lipinski definition) is 0. The van der Waals surface area contributed by atoms with E-state index in [1.807, 2.05) is 35.2 Å². The van der Waals surface area contributed by atoms with Crippen LogP contribution >= 0.6 is 0 Å². The number of rotatable bonds is 3. The second-order valence-corrected chi connectivity index (χ2v) is 7.99. The van der Waals surface area contributed by atoms with Crippen LogP contribution in [0.25, 0.3) is 0 Å². The van der Waals surface area contributed by atoms with Crippen molar-refractivity contribution in [2.45, 2.75) is 63.1 Å². The first-order valence-electron chi connectivity index (χ1n) is 9.85. The number of ether oxygens (including phenoxy) is 1. The lowest BCUT2D eigenvalue weighted by molar-refractivity contribution is -0.146. The van der Waals surface area contributed by atoms with E-state index in [2.05, 4.69) is 4.90 Å². The molecule has 0 aromatic heterocycles. The molecule has 2 aliphatic heterocycles. The Bertz CT molecular complexity index is 663. The normalized spacial score (nSPS) is 25.1.